The zero-order valence-electron chi connectivity index (χ0n) is 11.0. The minimum Gasteiger partial charge on any atom is -0.321 e. The molecular weight excluding hydrogens is 236 g/mol. The van der Waals surface area contributed by atoms with Crippen LogP contribution in [0.4, 0.5) is 0 Å². The van der Waals surface area contributed by atoms with Crippen LogP contribution in [0.15, 0.2) is 49.1 Å². The lowest BCUT2D eigenvalue weighted by Gasteiger charge is -2.20. The van der Waals surface area contributed by atoms with Crippen LogP contribution in [-0.4, -0.2) is 14.5 Å². The molecule has 4 heteroatoms. The highest BCUT2D eigenvalue weighted by molar-refractivity contribution is 5.80. The fourth-order valence-electron chi connectivity index (χ4n) is 2.19. The quantitative estimate of drug-likeness (QED) is 0.762. The summed E-state index contributed by atoms with van der Waals surface area (Å²) in [5.41, 5.74) is 8.76. The Hall–Kier alpha value is -2.20. The predicted octanol–water partition coefficient (Wildman–Crippen LogP) is 2.61. The van der Waals surface area contributed by atoms with Gasteiger partial charge in [-0.05, 0) is 38.1 Å². The highest BCUT2D eigenvalue weighted by Gasteiger charge is 2.19. The SMILES string of the molecule is CC(C)(N)c1cncn1-c1ccc2ncccc2c1. The van der Waals surface area contributed by atoms with Crippen molar-refractivity contribution in [2.24, 2.45) is 5.73 Å². The summed E-state index contributed by atoms with van der Waals surface area (Å²) < 4.78 is 2.02. The van der Waals surface area contributed by atoms with Crippen LogP contribution in [0.25, 0.3) is 16.6 Å². The first-order valence-electron chi connectivity index (χ1n) is 6.22. The van der Waals surface area contributed by atoms with Crippen molar-refractivity contribution >= 4 is 10.9 Å². The van der Waals surface area contributed by atoms with E-state index in [1.165, 1.54) is 0 Å². The van der Waals surface area contributed by atoms with Crippen molar-refractivity contribution in [2.75, 3.05) is 0 Å². The molecule has 0 atom stereocenters. The fraction of sp³-hybridized carbons (Fsp3) is 0.200. The Morgan fingerprint density at radius 2 is 2.05 bits per heavy atom. The van der Waals surface area contributed by atoms with E-state index in [0.717, 1.165) is 22.3 Å². The number of nitrogens with two attached hydrogens (primary N) is 1. The number of hydrogen-bond acceptors (Lipinski definition) is 3. The Bertz CT molecular complexity index is 722. The molecule has 0 fully saturated rings. The first kappa shape index (κ1) is 11.9. The maximum Gasteiger partial charge on any atom is 0.0994 e. The van der Waals surface area contributed by atoms with Crippen molar-refractivity contribution in [1.82, 2.24) is 14.5 Å². The Morgan fingerprint density at radius 1 is 1.21 bits per heavy atom. The summed E-state index contributed by atoms with van der Waals surface area (Å²) >= 11 is 0. The van der Waals surface area contributed by atoms with Crippen LogP contribution in [0.5, 0.6) is 0 Å². The van der Waals surface area contributed by atoms with Gasteiger partial charge in [0.05, 0.1) is 29.3 Å². The summed E-state index contributed by atoms with van der Waals surface area (Å²) in [5, 5.41) is 1.11. The summed E-state index contributed by atoms with van der Waals surface area (Å²) in [7, 11) is 0. The van der Waals surface area contributed by atoms with Crippen LogP contribution < -0.4 is 5.73 Å². The number of rotatable bonds is 2. The summed E-state index contributed by atoms with van der Waals surface area (Å²) in [6.07, 6.45) is 5.41. The third-order valence-electron chi connectivity index (χ3n) is 3.16. The van der Waals surface area contributed by atoms with Crippen molar-refractivity contribution in [3.8, 4) is 5.69 Å². The maximum atomic E-state index is 6.18. The van der Waals surface area contributed by atoms with Gasteiger partial charge in [-0.25, -0.2) is 4.98 Å². The topological polar surface area (TPSA) is 56.7 Å². The molecule has 1 aromatic carbocycles. The number of pyridine rings is 1. The second-order valence-corrected chi connectivity index (χ2v) is 5.25. The smallest absolute Gasteiger partial charge is 0.0994 e. The van der Waals surface area contributed by atoms with Gasteiger partial charge >= 0.3 is 0 Å². The minimum absolute atomic E-state index is 0.430. The Labute approximate surface area is 111 Å². The molecule has 2 heterocycles. The first-order valence-corrected chi connectivity index (χ1v) is 6.22. The van der Waals surface area contributed by atoms with Crippen LogP contribution in [0, 0.1) is 0 Å². The Kier molecular flexibility index (Phi) is 2.61. The zero-order valence-corrected chi connectivity index (χ0v) is 11.0. The van der Waals surface area contributed by atoms with Crippen molar-refractivity contribution in [2.45, 2.75) is 19.4 Å². The highest BCUT2D eigenvalue weighted by atomic mass is 15.1. The van der Waals surface area contributed by atoms with Crippen molar-refractivity contribution in [1.29, 1.82) is 0 Å². The Morgan fingerprint density at radius 3 is 2.84 bits per heavy atom. The summed E-state index contributed by atoms with van der Waals surface area (Å²) in [6, 6.07) is 10.1. The molecule has 0 unspecified atom stereocenters. The van der Waals surface area contributed by atoms with E-state index in [0.29, 0.717) is 0 Å². The van der Waals surface area contributed by atoms with Crippen LogP contribution in [-0.2, 0) is 5.54 Å². The fourth-order valence-corrected chi connectivity index (χ4v) is 2.19. The molecule has 2 N–H and O–H groups in total. The second-order valence-electron chi connectivity index (χ2n) is 5.25. The molecule has 0 saturated heterocycles. The van der Waals surface area contributed by atoms with Gasteiger partial charge in [0.15, 0.2) is 0 Å². The van der Waals surface area contributed by atoms with E-state index in [1.54, 1.807) is 12.5 Å². The average Bonchev–Trinajstić information content (AvgIpc) is 2.87. The summed E-state index contributed by atoms with van der Waals surface area (Å²) in [6.45, 7) is 3.95. The van der Waals surface area contributed by atoms with Gasteiger partial charge in [-0.15, -0.1) is 0 Å². The van der Waals surface area contributed by atoms with Gasteiger partial charge in [-0.1, -0.05) is 6.07 Å². The molecule has 2 aromatic heterocycles. The molecule has 0 aliphatic heterocycles. The number of nitrogens with zero attached hydrogens (tertiary/aromatic N) is 3. The molecule has 0 aliphatic rings. The lowest BCUT2D eigenvalue weighted by Crippen LogP contribution is -2.31. The monoisotopic (exact) mass is 252 g/mol. The van der Waals surface area contributed by atoms with Gasteiger partial charge in [0, 0.05) is 17.3 Å². The molecular formula is C15H16N4. The number of hydrogen-bond donors (Lipinski definition) is 1. The molecule has 0 amide bonds. The molecule has 0 aliphatic carbocycles. The average molecular weight is 252 g/mol. The largest absolute Gasteiger partial charge is 0.321 e. The van der Waals surface area contributed by atoms with E-state index in [9.17, 15) is 0 Å². The Balaban J connectivity index is 2.17. The van der Waals surface area contributed by atoms with Crippen LogP contribution in [0.3, 0.4) is 0 Å². The molecule has 0 saturated carbocycles. The van der Waals surface area contributed by atoms with Gasteiger partial charge in [0.2, 0.25) is 0 Å². The number of aromatic nitrogens is 3. The molecule has 0 radical (unpaired) electrons. The van der Waals surface area contributed by atoms with Gasteiger partial charge in [-0.2, -0.15) is 0 Å². The standard InChI is InChI=1S/C15H16N4/c1-15(2,16)14-9-17-10-19(14)12-5-6-13-11(8-12)4-3-7-18-13/h3-10H,16H2,1-2H3. The van der Waals surface area contributed by atoms with E-state index in [2.05, 4.69) is 22.1 Å². The van der Waals surface area contributed by atoms with Crippen molar-refractivity contribution < 1.29 is 0 Å². The molecule has 3 aromatic rings. The van der Waals surface area contributed by atoms with Crippen LogP contribution in [0.1, 0.15) is 19.5 Å². The first-order chi connectivity index (χ1) is 9.05. The lowest BCUT2D eigenvalue weighted by molar-refractivity contribution is 0.524. The summed E-state index contributed by atoms with van der Waals surface area (Å²) in [4.78, 5) is 8.54. The second kappa shape index (κ2) is 4.17. The van der Waals surface area contributed by atoms with Gasteiger partial charge in [-0.3, -0.25) is 4.98 Å². The third-order valence-corrected chi connectivity index (χ3v) is 3.16. The predicted molar refractivity (Wildman–Crippen MR) is 76.1 cm³/mol. The van der Waals surface area contributed by atoms with E-state index < -0.39 is 5.54 Å². The zero-order chi connectivity index (χ0) is 13.5. The van der Waals surface area contributed by atoms with E-state index in [4.69, 9.17) is 5.73 Å². The van der Waals surface area contributed by atoms with E-state index in [-0.39, 0.29) is 0 Å². The van der Waals surface area contributed by atoms with Crippen molar-refractivity contribution in [3.05, 3.63) is 54.7 Å². The molecule has 96 valence electrons. The number of benzene rings is 1. The molecule has 3 rings (SSSR count). The summed E-state index contributed by atoms with van der Waals surface area (Å²) in [5.74, 6) is 0. The van der Waals surface area contributed by atoms with Gasteiger partial charge < -0.3 is 10.3 Å². The molecule has 0 spiro atoms. The lowest BCUT2D eigenvalue weighted by atomic mass is 10.0. The maximum absolute atomic E-state index is 6.18. The van der Waals surface area contributed by atoms with Gasteiger partial charge in [0.25, 0.3) is 0 Å². The molecule has 4 nitrogen and oxygen atoms in total. The van der Waals surface area contributed by atoms with E-state index in [1.807, 2.05) is 42.8 Å². The van der Waals surface area contributed by atoms with E-state index >= 15 is 0 Å². The van der Waals surface area contributed by atoms with Gasteiger partial charge in [0.1, 0.15) is 0 Å². The molecule has 0 bridgehead atoms. The van der Waals surface area contributed by atoms with Crippen LogP contribution >= 0.6 is 0 Å². The normalized spacial score (nSPS) is 11.9. The highest BCUT2D eigenvalue weighted by Crippen LogP contribution is 2.22. The molecule has 19 heavy (non-hydrogen) atoms. The number of fused-ring (bicyclic) bond motifs is 1. The van der Waals surface area contributed by atoms with Crippen LogP contribution in [0.2, 0.25) is 0 Å². The van der Waals surface area contributed by atoms with Crippen molar-refractivity contribution in [3.63, 3.8) is 0 Å². The third kappa shape index (κ3) is 2.11. The minimum atomic E-state index is -0.430. The number of imidazole rings is 1.